The predicted molar refractivity (Wildman–Crippen MR) is 87.1 cm³/mol. The number of halogens is 1. The van der Waals surface area contributed by atoms with E-state index in [4.69, 9.17) is 16.3 Å². The molecule has 0 spiro atoms. The SMILES string of the molecule is CCNC(Cc1ccc(C)cn1)c1cc(Cl)ccc1OC. The summed E-state index contributed by atoms with van der Waals surface area (Å²) in [6.07, 6.45) is 2.69. The number of nitrogens with one attached hydrogen (secondary N) is 1. The van der Waals surface area contributed by atoms with Crippen molar-refractivity contribution < 1.29 is 4.74 Å². The van der Waals surface area contributed by atoms with Gasteiger partial charge in [0.2, 0.25) is 0 Å². The first-order valence-corrected chi connectivity index (χ1v) is 7.50. The molecule has 1 unspecified atom stereocenters. The van der Waals surface area contributed by atoms with Crippen molar-refractivity contribution in [2.75, 3.05) is 13.7 Å². The number of aromatic nitrogens is 1. The summed E-state index contributed by atoms with van der Waals surface area (Å²) < 4.78 is 5.47. The van der Waals surface area contributed by atoms with Crippen molar-refractivity contribution in [3.8, 4) is 5.75 Å². The monoisotopic (exact) mass is 304 g/mol. The summed E-state index contributed by atoms with van der Waals surface area (Å²) in [7, 11) is 1.68. The molecule has 0 amide bonds. The number of hydrogen-bond acceptors (Lipinski definition) is 3. The molecule has 1 atom stereocenters. The molecule has 21 heavy (non-hydrogen) atoms. The Morgan fingerprint density at radius 3 is 2.71 bits per heavy atom. The number of methoxy groups -OCH3 is 1. The molecule has 1 heterocycles. The highest BCUT2D eigenvalue weighted by atomic mass is 35.5. The van der Waals surface area contributed by atoms with Crippen LogP contribution in [0.2, 0.25) is 5.02 Å². The van der Waals surface area contributed by atoms with Crippen LogP contribution in [-0.2, 0) is 6.42 Å². The molecule has 0 saturated heterocycles. The van der Waals surface area contributed by atoms with E-state index in [1.807, 2.05) is 31.3 Å². The first kappa shape index (κ1) is 15.8. The normalized spacial score (nSPS) is 12.2. The lowest BCUT2D eigenvalue weighted by molar-refractivity contribution is 0.399. The van der Waals surface area contributed by atoms with Gasteiger partial charge in [0.25, 0.3) is 0 Å². The van der Waals surface area contributed by atoms with Gasteiger partial charge in [0.15, 0.2) is 0 Å². The van der Waals surface area contributed by atoms with E-state index in [0.717, 1.165) is 30.0 Å². The third kappa shape index (κ3) is 4.19. The van der Waals surface area contributed by atoms with Crippen LogP contribution >= 0.6 is 11.6 Å². The first-order chi connectivity index (χ1) is 10.1. The van der Waals surface area contributed by atoms with Crippen molar-refractivity contribution in [1.82, 2.24) is 10.3 Å². The minimum Gasteiger partial charge on any atom is -0.496 e. The number of ether oxygens (including phenoxy) is 1. The van der Waals surface area contributed by atoms with Crippen molar-refractivity contribution in [1.29, 1.82) is 0 Å². The van der Waals surface area contributed by atoms with Crippen molar-refractivity contribution in [2.24, 2.45) is 0 Å². The summed E-state index contributed by atoms with van der Waals surface area (Å²) in [6.45, 7) is 5.00. The van der Waals surface area contributed by atoms with E-state index >= 15 is 0 Å². The number of benzene rings is 1. The van der Waals surface area contributed by atoms with Crippen LogP contribution in [0.1, 0.15) is 29.8 Å². The van der Waals surface area contributed by atoms with Crippen molar-refractivity contribution in [3.05, 3.63) is 58.4 Å². The maximum absolute atomic E-state index is 6.14. The van der Waals surface area contributed by atoms with E-state index in [2.05, 4.69) is 29.4 Å². The molecular weight excluding hydrogens is 284 g/mol. The van der Waals surface area contributed by atoms with Gasteiger partial charge in [-0.15, -0.1) is 0 Å². The van der Waals surface area contributed by atoms with Crippen molar-refractivity contribution in [2.45, 2.75) is 26.3 Å². The zero-order chi connectivity index (χ0) is 15.2. The van der Waals surface area contributed by atoms with E-state index in [0.29, 0.717) is 5.02 Å². The Balaban J connectivity index is 2.30. The Kier molecular flexibility index (Phi) is 5.59. The highest BCUT2D eigenvalue weighted by Gasteiger charge is 2.17. The van der Waals surface area contributed by atoms with Gasteiger partial charge in [-0.05, 0) is 43.3 Å². The Morgan fingerprint density at radius 2 is 2.10 bits per heavy atom. The molecule has 1 aromatic carbocycles. The van der Waals surface area contributed by atoms with Crippen LogP contribution in [0.4, 0.5) is 0 Å². The molecule has 1 aromatic heterocycles. The fraction of sp³-hybridized carbons (Fsp3) is 0.353. The number of likely N-dealkylation sites (N-methyl/N-ethyl adjacent to an activating group) is 1. The maximum Gasteiger partial charge on any atom is 0.123 e. The Bertz CT molecular complexity index is 584. The highest BCUT2D eigenvalue weighted by molar-refractivity contribution is 6.30. The fourth-order valence-corrected chi connectivity index (χ4v) is 2.52. The molecule has 3 nitrogen and oxygen atoms in total. The van der Waals surface area contributed by atoms with Gasteiger partial charge in [-0.2, -0.15) is 0 Å². The molecule has 0 saturated carbocycles. The van der Waals surface area contributed by atoms with Crippen LogP contribution in [0, 0.1) is 6.92 Å². The van der Waals surface area contributed by atoms with Gasteiger partial charge in [0.05, 0.1) is 7.11 Å². The Hall–Kier alpha value is -1.58. The quantitative estimate of drug-likeness (QED) is 0.877. The number of hydrogen-bond donors (Lipinski definition) is 1. The smallest absolute Gasteiger partial charge is 0.123 e. The second-order valence-corrected chi connectivity index (χ2v) is 5.46. The summed E-state index contributed by atoms with van der Waals surface area (Å²) in [5.41, 5.74) is 3.28. The average molecular weight is 305 g/mol. The lowest BCUT2D eigenvalue weighted by Crippen LogP contribution is -2.24. The minimum atomic E-state index is 0.124. The van der Waals surface area contributed by atoms with Crippen LogP contribution in [-0.4, -0.2) is 18.6 Å². The van der Waals surface area contributed by atoms with Crippen LogP contribution in [0.15, 0.2) is 36.5 Å². The maximum atomic E-state index is 6.14. The Morgan fingerprint density at radius 1 is 1.29 bits per heavy atom. The van der Waals surface area contributed by atoms with Crippen LogP contribution in [0.25, 0.3) is 0 Å². The van der Waals surface area contributed by atoms with E-state index in [1.165, 1.54) is 5.56 Å². The average Bonchev–Trinajstić information content (AvgIpc) is 2.49. The number of pyridine rings is 1. The second kappa shape index (κ2) is 7.43. The summed E-state index contributed by atoms with van der Waals surface area (Å²) >= 11 is 6.14. The van der Waals surface area contributed by atoms with Gasteiger partial charge in [0.1, 0.15) is 5.75 Å². The molecule has 2 aromatic rings. The van der Waals surface area contributed by atoms with E-state index in [9.17, 15) is 0 Å². The topological polar surface area (TPSA) is 34.2 Å². The van der Waals surface area contributed by atoms with E-state index in [1.54, 1.807) is 7.11 Å². The highest BCUT2D eigenvalue weighted by Crippen LogP contribution is 2.30. The molecular formula is C17H21ClN2O. The van der Waals surface area contributed by atoms with Crippen LogP contribution in [0.5, 0.6) is 5.75 Å². The molecule has 0 fully saturated rings. The molecule has 0 radical (unpaired) electrons. The minimum absolute atomic E-state index is 0.124. The number of aryl methyl sites for hydroxylation is 1. The van der Waals surface area contributed by atoms with Crippen LogP contribution < -0.4 is 10.1 Å². The largest absolute Gasteiger partial charge is 0.496 e. The molecule has 0 aliphatic carbocycles. The number of rotatable bonds is 6. The van der Waals surface area contributed by atoms with Gasteiger partial charge in [0, 0.05) is 34.9 Å². The van der Waals surface area contributed by atoms with Gasteiger partial charge >= 0.3 is 0 Å². The molecule has 1 N–H and O–H groups in total. The van der Waals surface area contributed by atoms with Crippen molar-refractivity contribution in [3.63, 3.8) is 0 Å². The predicted octanol–water partition coefficient (Wildman–Crippen LogP) is 3.95. The molecule has 4 heteroatoms. The summed E-state index contributed by atoms with van der Waals surface area (Å²) in [5, 5.41) is 4.20. The summed E-state index contributed by atoms with van der Waals surface area (Å²) in [6, 6.07) is 9.99. The lowest BCUT2D eigenvalue weighted by Gasteiger charge is -2.21. The third-order valence-corrected chi connectivity index (χ3v) is 3.64. The molecule has 2 rings (SSSR count). The zero-order valence-corrected chi connectivity index (χ0v) is 13.4. The van der Waals surface area contributed by atoms with E-state index < -0.39 is 0 Å². The van der Waals surface area contributed by atoms with Gasteiger partial charge in [-0.1, -0.05) is 24.6 Å². The standard InChI is InChI=1S/C17H21ClN2O/c1-4-19-16(10-14-7-5-12(2)11-20-14)15-9-13(18)6-8-17(15)21-3/h5-9,11,16,19H,4,10H2,1-3H3. The van der Waals surface area contributed by atoms with E-state index in [-0.39, 0.29) is 6.04 Å². The third-order valence-electron chi connectivity index (χ3n) is 3.40. The van der Waals surface area contributed by atoms with Gasteiger partial charge in [-0.25, -0.2) is 0 Å². The fourth-order valence-electron chi connectivity index (χ4n) is 2.34. The molecule has 0 bridgehead atoms. The summed E-state index contributed by atoms with van der Waals surface area (Å²) in [5.74, 6) is 0.845. The molecule has 0 aliphatic rings. The van der Waals surface area contributed by atoms with Gasteiger partial charge in [-0.3, -0.25) is 4.98 Å². The Labute approximate surface area is 131 Å². The zero-order valence-electron chi connectivity index (χ0n) is 12.7. The number of nitrogens with zero attached hydrogens (tertiary/aromatic N) is 1. The first-order valence-electron chi connectivity index (χ1n) is 7.12. The van der Waals surface area contributed by atoms with Crippen LogP contribution in [0.3, 0.4) is 0 Å². The second-order valence-electron chi connectivity index (χ2n) is 5.03. The molecule has 112 valence electrons. The molecule has 0 aliphatic heterocycles. The van der Waals surface area contributed by atoms with Crippen molar-refractivity contribution >= 4 is 11.6 Å². The lowest BCUT2D eigenvalue weighted by atomic mass is 10.00. The summed E-state index contributed by atoms with van der Waals surface area (Å²) in [4.78, 5) is 4.49. The van der Waals surface area contributed by atoms with Gasteiger partial charge < -0.3 is 10.1 Å².